The van der Waals surface area contributed by atoms with E-state index in [9.17, 15) is 0 Å². The molecular formula is C5H7Cl2N3. The lowest BCUT2D eigenvalue weighted by atomic mass is 10.5. The van der Waals surface area contributed by atoms with Gasteiger partial charge in [-0.3, -0.25) is 0 Å². The molecule has 0 saturated heterocycles. The van der Waals surface area contributed by atoms with Crippen LogP contribution in [0.2, 0.25) is 5.02 Å². The van der Waals surface area contributed by atoms with E-state index in [1.165, 1.54) is 6.20 Å². The highest BCUT2D eigenvalue weighted by Crippen LogP contribution is 2.12. The van der Waals surface area contributed by atoms with E-state index >= 15 is 0 Å². The van der Waals surface area contributed by atoms with Crippen LogP contribution in [0, 0.1) is 6.92 Å². The lowest BCUT2D eigenvalue weighted by Gasteiger charge is -1.94. The van der Waals surface area contributed by atoms with Crippen LogP contribution >= 0.6 is 24.0 Å². The van der Waals surface area contributed by atoms with Crippen LogP contribution in [-0.2, 0) is 0 Å². The highest BCUT2D eigenvalue weighted by atomic mass is 35.5. The maximum absolute atomic E-state index is 5.53. The first-order chi connectivity index (χ1) is 4.20. The fraction of sp³-hybridized carbons (Fsp3) is 0.200. The maximum Gasteiger partial charge on any atom is 0.145 e. The minimum absolute atomic E-state index is 0. The first-order valence-electron chi connectivity index (χ1n) is 2.45. The first-order valence-corrected chi connectivity index (χ1v) is 2.82. The van der Waals surface area contributed by atoms with Gasteiger partial charge in [0.1, 0.15) is 16.7 Å². The monoisotopic (exact) mass is 179 g/mol. The Hall–Kier alpha value is -0.540. The van der Waals surface area contributed by atoms with Crippen molar-refractivity contribution in [1.82, 2.24) is 9.97 Å². The third-order valence-electron chi connectivity index (χ3n) is 0.892. The fourth-order valence-electron chi connectivity index (χ4n) is 0.473. The van der Waals surface area contributed by atoms with Gasteiger partial charge in [0.25, 0.3) is 0 Å². The largest absolute Gasteiger partial charge is 0.382 e. The molecule has 0 unspecified atom stereocenters. The van der Waals surface area contributed by atoms with Gasteiger partial charge in [0.2, 0.25) is 0 Å². The Morgan fingerprint density at radius 3 is 2.60 bits per heavy atom. The van der Waals surface area contributed by atoms with Crippen molar-refractivity contribution >= 4 is 29.8 Å². The van der Waals surface area contributed by atoms with Crippen LogP contribution in [-0.4, -0.2) is 9.97 Å². The molecule has 0 aromatic carbocycles. The summed E-state index contributed by atoms with van der Waals surface area (Å²) in [6.45, 7) is 1.76. The van der Waals surface area contributed by atoms with Crippen molar-refractivity contribution in [2.75, 3.05) is 5.73 Å². The van der Waals surface area contributed by atoms with E-state index in [0.29, 0.717) is 16.7 Å². The topological polar surface area (TPSA) is 51.8 Å². The van der Waals surface area contributed by atoms with Crippen LogP contribution in [0.15, 0.2) is 6.20 Å². The number of rotatable bonds is 0. The summed E-state index contributed by atoms with van der Waals surface area (Å²) in [5.41, 5.74) is 5.34. The second-order valence-corrected chi connectivity index (χ2v) is 2.06. The predicted molar refractivity (Wildman–Crippen MR) is 43.4 cm³/mol. The number of nitrogens with two attached hydrogens (primary N) is 1. The van der Waals surface area contributed by atoms with Gasteiger partial charge < -0.3 is 5.73 Å². The summed E-state index contributed by atoms with van der Waals surface area (Å²) in [7, 11) is 0. The molecule has 1 aromatic heterocycles. The van der Waals surface area contributed by atoms with E-state index < -0.39 is 0 Å². The van der Waals surface area contributed by atoms with Crippen molar-refractivity contribution < 1.29 is 0 Å². The minimum Gasteiger partial charge on any atom is -0.382 e. The van der Waals surface area contributed by atoms with Crippen LogP contribution in [0.5, 0.6) is 0 Å². The summed E-state index contributed by atoms with van der Waals surface area (Å²) in [6.07, 6.45) is 1.49. The molecule has 0 radical (unpaired) electrons. The zero-order valence-electron chi connectivity index (χ0n) is 5.34. The van der Waals surface area contributed by atoms with E-state index in [2.05, 4.69) is 9.97 Å². The van der Waals surface area contributed by atoms with Crippen LogP contribution in [0.1, 0.15) is 5.82 Å². The third kappa shape index (κ3) is 2.01. The molecule has 0 amide bonds. The number of hydrogen-bond donors (Lipinski definition) is 1. The average Bonchev–Trinajstić information content (AvgIpc) is 1.80. The van der Waals surface area contributed by atoms with Gasteiger partial charge in [-0.15, -0.1) is 12.4 Å². The smallest absolute Gasteiger partial charge is 0.145 e. The molecule has 0 atom stereocenters. The summed E-state index contributed by atoms with van der Waals surface area (Å²) < 4.78 is 0. The molecule has 3 nitrogen and oxygen atoms in total. The zero-order valence-corrected chi connectivity index (χ0v) is 6.91. The molecule has 0 aliphatic carbocycles. The van der Waals surface area contributed by atoms with Crippen molar-refractivity contribution in [2.45, 2.75) is 6.92 Å². The van der Waals surface area contributed by atoms with E-state index in [4.69, 9.17) is 17.3 Å². The standard InChI is InChI=1S/C5H6ClN3.ClH/c1-3-8-2-4(6)5(7)9-3;/h2H,1H3,(H2,7,8,9);1H. The van der Waals surface area contributed by atoms with Gasteiger partial charge in [0.15, 0.2) is 0 Å². The number of nitrogen functional groups attached to an aromatic ring is 1. The van der Waals surface area contributed by atoms with Gasteiger partial charge in [-0.1, -0.05) is 11.6 Å². The Kier molecular flexibility index (Phi) is 3.39. The molecule has 1 heterocycles. The summed E-state index contributed by atoms with van der Waals surface area (Å²) in [6, 6.07) is 0. The Bertz CT molecular complexity index is 226. The van der Waals surface area contributed by atoms with Gasteiger partial charge in [-0.2, -0.15) is 0 Å². The molecule has 0 aliphatic rings. The van der Waals surface area contributed by atoms with Gasteiger partial charge in [0, 0.05) is 0 Å². The molecule has 1 rings (SSSR count). The van der Waals surface area contributed by atoms with Crippen molar-refractivity contribution in [3.63, 3.8) is 0 Å². The number of aromatic nitrogens is 2. The van der Waals surface area contributed by atoms with E-state index in [0.717, 1.165) is 0 Å². The molecule has 56 valence electrons. The third-order valence-corrected chi connectivity index (χ3v) is 1.18. The van der Waals surface area contributed by atoms with Crippen LogP contribution < -0.4 is 5.73 Å². The number of hydrogen-bond acceptors (Lipinski definition) is 3. The number of aryl methyl sites for hydroxylation is 1. The van der Waals surface area contributed by atoms with Gasteiger partial charge >= 0.3 is 0 Å². The second-order valence-electron chi connectivity index (χ2n) is 1.65. The van der Waals surface area contributed by atoms with Gasteiger partial charge in [-0.05, 0) is 6.92 Å². The molecule has 0 saturated carbocycles. The van der Waals surface area contributed by atoms with Crippen molar-refractivity contribution in [3.8, 4) is 0 Å². The van der Waals surface area contributed by atoms with E-state index in [1.807, 2.05) is 0 Å². The highest BCUT2D eigenvalue weighted by Gasteiger charge is 1.95. The molecular weight excluding hydrogens is 173 g/mol. The highest BCUT2D eigenvalue weighted by molar-refractivity contribution is 6.32. The normalized spacial score (nSPS) is 8.60. The predicted octanol–water partition coefficient (Wildman–Crippen LogP) is 1.44. The molecule has 0 spiro atoms. The average molecular weight is 180 g/mol. The molecule has 10 heavy (non-hydrogen) atoms. The molecule has 0 aliphatic heterocycles. The molecule has 1 aromatic rings. The summed E-state index contributed by atoms with van der Waals surface area (Å²) >= 11 is 5.53. The molecule has 2 N–H and O–H groups in total. The van der Waals surface area contributed by atoms with Crippen molar-refractivity contribution in [1.29, 1.82) is 0 Å². The van der Waals surface area contributed by atoms with Gasteiger partial charge in [0.05, 0.1) is 6.20 Å². The Balaban J connectivity index is 0.000000810. The number of halogens is 2. The molecule has 5 heteroatoms. The quantitative estimate of drug-likeness (QED) is 0.657. The lowest BCUT2D eigenvalue weighted by Crippen LogP contribution is -1.94. The number of anilines is 1. The summed E-state index contributed by atoms with van der Waals surface area (Å²) in [5, 5.41) is 0.403. The van der Waals surface area contributed by atoms with Crippen LogP contribution in [0.25, 0.3) is 0 Å². The molecule has 0 fully saturated rings. The van der Waals surface area contributed by atoms with Crippen LogP contribution in [0.4, 0.5) is 5.82 Å². The van der Waals surface area contributed by atoms with Crippen LogP contribution in [0.3, 0.4) is 0 Å². The first kappa shape index (κ1) is 9.46. The zero-order chi connectivity index (χ0) is 6.85. The maximum atomic E-state index is 5.53. The van der Waals surface area contributed by atoms with E-state index in [-0.39, 0.29) is 12.4 Å². The lowest BCUT2D eigenvalue weighted by molar-refractivity contribution is 1.06. The Labute approximate surface area is 70.0 Å². The second kappa shape index (κ2) is 3.58. The SMILES string of the molecule is Cc1ncc(Cl)c(N)n1.Cl. The Morgan fingerprint density at radius 2 is 2.20 bits per heavy atom. The van der Waals surface area contributed by atoms with Crippen molar-refractivity contribution in [2.24, 2.45) is 0 Å². The van der Waals surface area contributed by atoms with E-state index in [1.54, 1.807) is 6.92 Å². The van der Waals surface area contributed by atoms with Crippen molar-refractivity contribution in [3.05, 3.63) is 17.0 Å². The van der Waals surface area contributed by atoms with Gasteiger partial charge in [-0.25, -0.2) is 9.97 Å². The summed E-state index contributed by atoms with van der Waals surface area (Å²) in [5.74, 6) is 0.973. The molecule has 0 bridgehead atoms. The number of nitrogens with zero attached hydrogens (tertiary/aromatic N) is 2. The fourth-order valence-corrected chi connectivity index (χ4v) is 0.564. The Morgan fingerprint density at radius 1 is 1.60 bits per heavy atom. The summed E-state index contributed by atoms with van der Waals surface area (Å²) in [4.78, 5) is 7.62. The minimum atomic E-state index is 0.